The number of amides is 2. The summed E-state index contributed by atoms with van der Waals surface area (Å²) < 4.78 is 11.6. The van der Waals surface area contributed by atoms with Gasteiger partial charge in [-0.25, -0.2) is 0 Å². The molecule has 7 nitrogen and oxygen atoms in total. The first-order valence-corrected chi connectivity index (χ1v) is 12.7. The first-order valence-electron chi connectivity index (χ1n) is 11.5. The van der Waals surface area contributed by atoms with Crippen molar-refractivity contribution in [1.29, 1.82) is 0 Å². The molecule has 3 aromatic rings. The summed E-state index contributed by atoms with van der Waals surface area (Å²) in [4.78, 5) is 29.5. The van der Waals surface area contributed by atoms with E-state index < -0.39 is 0 Å². The van der Waals surface area contributed by atoms with E-state index in [-0.39, 0.29) is 18.4 Å². The Hall–Kier alpha value is -3.82. The van der Waals surface area contributed by atoms with E-state index in [0.717, 1.165) is 28.2 Å². The summed E-state index contributed by atoms with van der Waals surface area (Å²) >= 11 is 6.74. The number of rotatable bonds is 8. The lowest BCUT2D eigenvalue weighted by Crippen LogP contribution is -2.27. The van der Waals surface area contributed by atoms with Crippen molar-refractivity contribution in [2.75, 3.05) is 42.9 Å². The van der Waals surface area contributed by atoms with Crippen LogP contribution in [0.25, 0.3) is 6.08 Å². The lowest BCUT2D eigenvalue weighted by Gasteiger charge is -2.17. The molecule has 1 aliphatic heterocycles. The largest absolute Gasteiger partial charge is 0.493 e. The van der Waals surface area contributed by atoms with E-state index in [1.54, 1.807) is 24.3 Å². The van der Waals surface area contributed by atoms with Gasteiger partial charge < -0.3 is 19.7 Å². The number of nitrogens with zero attached hydrogens (tertiary/aromatic N) is 2. The zero-order valence-electron chi connectivity index (χ0n) is 21.0. The maximum atomic E-state index is 13.2. The number of thiocarbonyl (C=S) groups is 1. The van der Waals surface area contributed by atoms with E-state index >= 15 is 0 Å². The van der Waals surface area contributed by atoms with Crippen LogP contribution in [0, 0.1) is 6.92 Å². The van der Waals surface area contributed by atoms with Crippen LogP contribution >= 0.6 is 24.0 Å². The Balaban J connectivity index is 1.45. The molecular formula is C28H27N3O4S2. The molecule has 190 valence electrons. The van der Waals surface area contributed by atoms with E-state index in [0.29, 0.717) is 20.7 Å². The van der Waals surface area contributed by atoms with Crippen molar-refractivity contribution in [2.24, 2.45) is 0 Å². The second-order valence-corrected chi connectivity index (χ2v) is 10.2. The van der Waals surface area contributed by atoms with Crippen LogP contribution in [0.4, 0.5) is 17.1 Å². The molecule has 4 rings (SSSR count). The molecule has 0 atom stereocenters. The van der Waals surface area contributed by atoms with Gasteiger partial charge in [0, 0.05) is 25.5 Å². The van der Waals surface area contributed by atoms with Gasteiger partial charge in [0.05, 0.1) is 17.7 Å². The molecule has 2 amide bonds. The maximum absolute atomic E-state index is 13.2. The number of methoxy groups -OCH3 is 1. The molecule has 1 N–H and O–H groups in total. The van der Waals surface area contributed by atoms with Crippen LogP contribution < -0.4 is 24.6 Å². The fourth-order valence-electron chi connectivity index (χ4n) is 3.68. The van der Waals surface area contributed by atoms with Crippen LogP contribution in [-0.2, 0) is 9.59 Å². The molecule has 1 heterocycles. The summed E-state index contributed by atoms with van der Waals surface area (Å²) in [6.07, 6.45) is 1.77. The molecule has 1 fully saturated rings. The number of ether oxygens (including phenoxy) is 2. The molecule has 0 radical (unpaired) electrons. The van der Waals surface area contributed by atoms with Gasteiger partial charge >= 0.3 is 0 Å². The number of para-hydroxylation sites is 1. The SMILES string of the molecule is COc1cc(/C=C2\SC(=S)N(c3ccc(N(C)C)cc3)C2=O)ccc1OCC(=O)Nc1ccccc1C. The summed E-state index contributed by atoms with van der Waals surface area (Å²) in [6.45, 7) is 1.75. The van der Waals surface area contributed by atoms with E-state index in [2.05, 4.69) is 5.32 Å². The highest BCUT2D eigenvalue weighted by atomic mass is 32.2. The normalized spacial score (nSPS) is 14.2. The van der Waals surface area contributed by atoms with Gasteiger partial charge in [0.15, 0.2) is 22.4 Å². The second-order valence-electron chi connectivity index (χ2n) is 8.49. The van der Waals surface area contributed by atoms with Crippen molar-refractivity contribution in [3.63, 3.8) is 0 Å². The number of benzene rings is 3. The van der Waals surface area contributed by atoms with Gasteiger partial charge in [0.1, 0.15) is 0 Å². The smallest absolute Gasteiger partial charge is 0.270 e. The molecule has 0 saturated carbocycles. The highest BCUT2D eigenvalue weighted by Crippen LogP contribution is 2.37. The Labute approximate surface area is 226 Å². The van der Waals surface area contributed by atoms with Gasteiger partial charge in [0.25, 0.3) is 11.8 Å². The predicted octanol–water partition coefficient (Wildman–Crippen LogP) is 5.49. The fourth-order valence-corrected chi connectivity index (χ4v) is 4.98. The van der Waals surface area contributed by atoms with Gasteiger partial charge in [0.2, 0.25) is 0 Å². The molecule has 0 aromatic heterocycles. The minimum atomic E-state index is -0.275. The Bertz CT molecular complexity index is 1370. The van der Waals surface area contributed by atoms with Crippen LogP contribution in [0.3, 0.4) is 0 Å². The molecule has 1 saturated heterocycles. The number of nitrogens with one attached hydrogen (secondary N) is 1. The van der Waals surface area contributed by atoms with Gasteiger partial charge in [-0.05, 0) is 66.6 Å². The van der Waals surface area contributed by atoms with Gasteiger partial charge in [-0.15, -0.1) is 0 Å². The fraction of sp³-hybridized carbons (Fsp3) is 0.179. The highest BCUT2D eigenvalue weighted by molar-refractivity contribution is 8.27. The average Bonchev–Trinajstić information content (AvgIpc) is 3.16. The zero-order chi connectivity index (χ0) is 26.5. The standard InChI is InChI=1S/C28H27N3O4S2/c1-18-7-5-6-8-22(18)29-26(32)17-35-23-14-9-19(15-24(23)34-4)16-25-27(33)31(28(36)37-25)21-12-10-20(11-13-21)30(2)3/h5-16H,17H2,1-4H3,(H,29,32)/b25-16-. The Kier molecular flexibility index (Phi) is 8.15. The van der Waals surface area contributed by atoms with Crippen LogP contribution in [0.15, 0.2) is 71.6 Å². The summed E-state index contributed by atoms with van der Waals surface area (Å²) in [7, 11) is 5.45. The lowest BCUT2D eigenvalue weighted by atomic mass is 10.1. The molecule has 0 aliphatic carbocycles. The van der Waals surface area contributed by atoms with Crippen LogP contribution in [0.2, 0.25) is 0 Å². The lowest BCUT2D eigenvalue weighted by molar-refractivity contribution is -0.118. The molecule has 9 heteroatoms. The van der Waals surface area contributed by atoms with Crippen LogP contribution in [0.1, 0.15) is 11.1 Å². The van der Waals surface area contributed by atoms with Crippen molar-refractivity contribution in [1.82, 2.24) is 0 Å². The molecule has 0 spiro atoms. The number of carbonyl (C=O) groups excluding carboxylic acids is 2. The minimum Gasteiger partial charge on any atom is -0.493 e. The molecule has 1 aliphatic rings. The Morgan fingerprint density at radius 3 is 2.49 bits per heavy atom. The van der Waals surface area contributed by atoms with Crippen molar-refractivity contribution in [3.05, 3.63) is 82.8 Å². The molecule has 3 aromatic carbocycles. The van der Waals surface area contributed by atoms with Crippen molar-refractivity contribution in [2.45, 2.75) is 6.92 Å². The average molecular weight is 534 g/mol. The number of hydrogen-bond donors (Lipinski definition) is 1. The second kappa shape index (κ2) is 11.5. The van der Waals surface area contributed by atoms with E-state index in [1.165, 1.54) is 23.8 Å². The number of thioether (sulfide) groups is 1. The van der Waals surface area contributed by atoms with Gasteiger partial charge in [-0.2, -0.15) is 0 Å². The first kappa shape index (κ1) is 26.2. The molecular weight excluding hydrogens is 506 g/mol. The summed E-state index contributed by atoms with van der Waals surface area (Å²) in [5.41, 5.74) is 4.21. The maximum Gasteiger partial charge on any atom is 0.270 e. The molecule has 0 bridgehead atoms. The van der Waals surface area contributed by atoms with Crippen molar-refractivity contribution < 1.29 is 19.1 Å². The monoisotopic (exact) mass is 533 g/mol. The van der Waals surface area contributed by atoms with Gasteiger partial charge in [-0.1, -0.05) is 48.2 Å². The topological polar surface area (TPSA) is 71.1 Å². The Morgan fingerprint density at radius 1 is 1.08 bits per heavy atom. The van der Waals surface area contributed by atoms with Crippen molar-refractivity contribution >= 4 is 63.3 Å². The minimum absolute atomic E-state index is 0.171. The molecule has 0 unspecified atom stereocenters. The number of carbonyl (C=O) groups is 2. The third-order valence-electron chi connectivity index (χ3n) is 5.68. The number of anilines is 3. The highest BCUT2D eigenvalue weighted by Gasteiger charge is 2.33. The van der Waals surface area contributed by atoms with E-state index in [1.807, 2.05) is 74.4 Å². The van der Waals surface area contributed by atoms with Crippen LogP contribution in [-0.4, -0.2) is 43.9 Å². The number of hydrogen-bond acceptors (Lipinski definition) is 7. The summed E-state index contributed by atoms with van der Waals surface area (Å²) in [5, 5.41) is 2.84. The third kappa shape index (κ3) is 6.12. The van der Waals surface area contributed by atoms with Gasteiger partial charge in [-0.3, -0.25) is 14.5 Å². The Morgan fingerprint density at radius 2 is 1.81 bits per heavy atom. The molecule has 37 heavy (non-hydrogen) atoms. The third-order valence-corrected chi connectivity index (χ3v) is 6.98. The zero-order valence-corrected chi connectivity index (χ0v) is 22.6. The first-order chi connectivity index (χ1) is 17.8. The van der Waals surface area contributed by atoms with E-state index in [4.69, 9.17) is 21.7 Å². The van der Waals surface area contributed by atoms with Crippen LogP contribution in [0.5, 0.6) is 11.5 Å². The predicted molar refractivity (Wildman–Crippen MR) is 155 cm³/mol. The summed E-state index contributed by atoms with van der Waals surface area (Å²) in [6, 6.07) is 20.5. The van der Waals surface area contributed by atoms with E-state index in [9.17, 15) is 9.59 Å². The summed E-state index contributed by atoms with van der Waals surface area (Å²) in [5.74, 6) is 0.419. The number of aryl methyl sites for hydroxylation is 1. The van der Waals surface area contributed by atoms with Crippen molar-refractivity contribution in [3.8, 4) is 11.5 Å². The quantitative estimate of drug-likeness (QED) is 0.303.